The maximum Gasteiger partial charge on any atom is 0.238 e. The van der Waals surface area contributed by atoms with Crippen LogP contribution in [0.1, 0.15) is 29.3 Å². The third kappa shape index (κ3) is 4.17. The number of piperidine rings is 1. The van der Waals surface area contributed by atoms with Gasteiger partial charge in [0.15, 0.2) is 0 Å². The molecule has 1 aliphatic heterocycles. The predicted octanol–water partition coefficient (Wildman–Crippen LogP) is 4.64. The minimum atomic E-state index is -0.0780. The highest BCUT2D eigenvalue weighted by molar-refractivity contribution is 7.18. The Bertz CT molecular complexity index is 1020. The lowest BCUT2D eigenvalue weighted by Crippen LogP contribution is -2.39. The number of halogens is 1. The molecule has 0 bridgehead atoms. The van der Waals surface area contributed by atoms with Crippen LogP contribution in [-0.4, -0.2) is 35.4 Å². The van der Waals surface area contributed by atoms with Gasteiger partial charge in [-0.15, -0.1) is 11.3 Å². The Morgan fingerprint density at radius 2 is 2.21 bits per heavy atom. The molecule has 5 nitrogen and oxygen atoms in total. The van der Waals surface area contributed by atoms with Crippen molar-refractivity contribution in [1.29, 1.82) is 5.26 Å². The van der Waals surface area contributed by atoms with Crippen molar-refractivity contribution in [3.8, 4) is 6.07 Å². The highest BCUT2D eigenvalue weighted by Crippen LogP contribution is 2.32. The van der Waals surface area contributed by atoms with Crippen LogP contribution in [-0.2, 0) is 4.79 Å². The first-order valence-corrected chi connectivity index (χ1v) is 10.4. The lowest BCUT2D eigenvalue weighted by Gasteiger charge is -2.31. The fourth-order valence-corrected chi connectivity index (χ4v) is 4.87. The van der Waals surface area contributed by atoms with E-state index >= 15 is 0 Å². The number of carbonyl (C=O) groups excluding carboxylic acids is 1. The highest BCUT2D eigenvalue weighted by Gasteiger charge is 2.25. The van der Waals surface area contributed by atoms with Crippen molar-refractivity contribution in [2.45, 2.75) is 18.8 Å². The predicted molar refractivity (Wildman–Crippen MR) is 113 cm³/mol. The molecule has 2 aromatic carbocycles. The molecule has 1 amide bonds. The van der Waals surface area contributed by atoms with Gasteiger partial charge in [-0.25, -0.2) is 4.98 Å². The van der Waals surface area contributed by atoms with Crippen LogP contribution in [0.5, 0.6) is 0 Å². The summed E-state index contributed by atoms with van der Waals surface area (Å²) in [4.78, 5) is 19.4. The van der Waals surface area contributed by atoms with Gasteiger partial charge in [-0.2, -0.15) is 5.26 Å². The number of para-hydroxylation sites is 1. The molecule has 0 aliphatic carbocycles. The summed E-state index contributed by atoms with van der Waals surface area (Å²) >= 11 is 7.79. The average molecular weight is 411 g/mol. The van der Waals surface area contributed by atoms with E-state index in [1.165, 1.54) is 4.70 Å². The minimum Gasteiger partial charge on any atom is -0.325 e. The molecular weight excluding hydrogens is 392 g/mol. The summed E-state index contributed by atoms with van der Waals surface area (Å²) in [5, 5.41) is 13.3. The fraction of sp³-hybridized carbons (Fsp3) is 0.286. The number of aromatic nitrogens is 1. The van der Waals surface area contributed by atoms with Crippen molar-refractivity contribution >= 4 is 44.7 Å². The molecular formula is C21H19ClN4OS. The van der Waals surface area contributed by atoms with E-state index in [1.807, 2.05) is 24.3 Å². The average Bonchev–Trinajstić information content (AvgIpc) is 3.12. The number of nitriles is 1. The van der Waals surface area contributed by atoms with Gasteiger partial charge < -0.3 is 5.32 Å². The summed E-state index contributed by atoms with van der Waals surface area (Å²) in [5.41, 5.74) is 2.05. The summed E-state index contributed by atoms with van der Waals surface area (Å²) in [5.74, 6) is 0.286. The standard InChI is InChI=1S/C21H19ClN4OS/c22-17-10-16(8-7-14(17)11-23)24-20(27)13-26-9-3-4-15(12-26)21-25-18-5-1-2-6-19(18)28-21/h1-2,5-8,10,15H,3-4,9,12-13H2,(H,24,27)/t15-/m0/s1. The van der Waals surface area contributed by atoms with Crippen molar-refractivity contribution in [3.05, 3.63) is 58.1 Å². The van der Waals surface area contributed by atoms with E-state index in [1.54, 1.807) is 29.5 Å². The minimum absolute atomic E-state index is 0.0780. The Morgan fingerprint density at radius 3 is 3.00 bits per heavy atom. The lowest BCUT2D eigenvalue weighted by atomic mass is 9.99. The van der Waals surface area contributed by atoms with E-state index in [2.05, 4.69) is 16.3 Å². The quantitative estimate of drug-likeness (QED) is 0.680. The maximum absolute atomic E-state index is 12.5. The molecule has 4 rings (SSSR count). The molecule has 0 spiro atoms. The zero-order chi connectivity index (χ0) is 19.5. The van der Waals surface area contributed by atoms with Gasteiger partial charge in [0.05, 0.1) is 32.4 Å². The van der Waals surface area contributed by atoms with Crippen LogP contribution < -0.4 is 5.32 Å². The number of nitrogens with zero attached hydrogens (tertiary/aromatic N) is 3. The van der Waals surface area contributed by atoms with Gasteiger partial charge in [0.25, 0.3) is 0 Å². The van der Waals surface area contributed by atoms with Gasteiger partial charge in [0.1, 0.15) is 6.07 Å². The van der Waals surface area contributed by atoms with Crippen molar-refractivity contribution in [2.75, 3.05) is 25.0 Å². The maximum atomic E-state index is 12.5. The monoisotopic (exact) mass is 410 g/mol. The molecule has 1 fully saturated rings. The second-order valence-electron chi connectivity index (χ2n) is 6.95. The second kappa shape index (κ2) is 8.27. The first kappa shape index (κ1) is 18.9. The largest absolute Gasteiger partial charge is 0.325 e. The van der Waals surface area contributed by atoms with Gasteiger partial charge in [0, 0.05) is 18.2 Å². The number of fused-ring (bicyclic) bond motifs is 1. The molecule has 0 saturated carbocycles. The summed E-state index contributed by atoms with van der Waals surface area (Å²) in [7, 11) is 0. The summed E-state index contributed by atoms with van der Waals surface area (Å²) in [6.07, 6.45) is 2.15. The van der Waals surface area contributed by atoms with Crippen LogP contribution in [0.3, 0.4) is 0 Å². The Morgan fingerprint density at radius 1 is 1.36 bits per heavy atom. The first-order valence-electron chi connectivity index (χ1n) is 9.19. The number of carbonyl (C=O) groups is 1. The van der Waals surface area contributed by atoms with Crippen LogP contribution in [0.15, 0.2) is 42.5 Å². The molecule has 28 heavy (non-hydrogen) atoms. The zero-order valence-electron chi connectivity index (χ0n) is 15.2. The van der Waals surface area contributed by atoms with Gasteiger partial charge in [0.2, 0.25) is 5.91 Å². The van der Waals surface area contributed by atoms with E-state index in [9.17, 15) is 4.79 Å². The Balaban J connectivity index is 1.38. The number of benzene rings is 2. The Labute approximate surface area is 172 Å². The number of anilines is 1. The van der Waals surface area contributed by atoms with E-state index in [0.29, 0.717) is 28.7 Å². The number of likely N-dealkylation sites (tertiary alicyclic amines) is 1. The Kier molecular flexibility index (Phi) is 5.58. The summed E-state index contributed by atoms with van der Waals surface area (Å²) in [6, 6.07) is 15.1. The number of rotatable bonds is 4. The van der Waals surface area contributed by atoms with Crippen LogP contribution >= 0.6 is 22.9 Å². The zero-order valence-corrected chi connectivity index (χ0v) is 16.8. The van der Waals surface area contributed by atoms with Crippen molar-refractivity contribution in [2.24, 2.45) is 0 Å². The summed E-state index contributed by atoms with van der Waals surface area (Å²) < 4.78 is 1.21. The molecule has 1 N–H and O–H groups in total. The SMILES string of the molecule is N#Cc1ccc(NC(=O)CN2CCC[C@H](c3nc4ccccc4s3)C2)cc1Cl. The molecule has 0 unspecified atom stereocenters. The van der Waals surface area contributed by atoms with Crippen molar-refractivity contribution < 1.29 is 4.79 Å². The van der Waals surface area contributed by atoms with Crippen molar-refractivity contribution in [3.63, 3.8) is 0 Å². The van der Waals surface area contributed by atoms with Gasteiger partial charge >= 0.3 is 0 Å². The highest BCUT2D eigenvalue weighted by atomic mass is 35.5. The number of hydrogen-bond donors (Lipinski definition) is 1. The molecule has 7 heteroatoms. The number of amides is 1. The third-order valence-electron chi connectivity index (χ3n) is 4.91. The van der Waals surface area contributed by atoms with Gasteiger partial charge in [-0.3, -0.25) is 9.69 Å². The molecule has 1 atom stereocenters. The van der Waals surface area contributed by atoms with Crippen LogP contribution in [0, 0.1) is 11.3 Å². The van der Waals surface area contributed by atoms with Crippen molar-refractivity contribution in [1.82, 2.24) is 9.88 Å². The molecule has 3 aromatic rings. The number of hydrogen-bond acceptors (Lipinski definition) is 5. The lowest BCUT2D eigenvalue weighted by molar-refractivity contribution is -0.117. The molecule has 1 aliphatic rings. The molecule has 142 valence electrons. The van der Waals surface area contributed by atoms with E-state index < -0.39 is 0 Å². The van der Waals surface area contributed by atoms with Crippen LogP contribution in [0.4, 0.5) is 5.69 Å². The first-order chi connectivity index (χ1) is 13.6. The molecule has 1 saturated heterocycles. The van der Waals surface area contributed by atoms with E-state index in [4.69, 9.17) is 21.8 Å². The molecule has 0 radical (unpaired) electrons. The second-order valence-corrected chi connectivity index (χ2v) is 8.42. The summed E-state index contributed by atoms with van der Waals surface area (Å²) in [6.45, 7) is 2.07. The van der Waals surface area contributed by atoms with E-state index in [0.717, 1.165) is 36.5 Å². The smallest absolute Gasteiger partial charge is 0.238 e. The third-order valence-corrected chi connectivity index (χ3v) is 6.42. The Hall–Kier alpha value is -2.46. The fourth-order valence-electron chi connectivity index (χ4n) is 3.55. The van der Waals surface area contributed by atoms with Gasteiger partial charge in [-0.05, 0) is 49.7 Å². The van der Waals surface area contributed by atoms with Crippen LogP contribution in [0.2, 0.25) is 5.02 Å². The van der Waals surface area contributed by atoms with Gasteiger partial charge in [-0.1, -0.05) is 23.7 Å². The number of thiazole rings is 1. The molecule has 2 heterocycles. The van der Waals surface area contributed by atoms with E-state index in [-0.39, 0.29) is 5.91 Å². The molecule has 1 aromatic heterocycles. The van der Waals surface area contributed by atoms with Crippen LogP contribution in [0.25, 0.3) is 10.2 Å². The number of nitrogens with one attached hydrogen (secondary N) is 1. The normalized spacial score (nSPS) is 17.4. The topological polar surface area (TPSA) is 69.0 Å².